The summed E-state index contributed by atoms with van der Waals surface area (Å²) >= 11 is 0. The van der Waals surface area contributed by atoms with Crippen LogP contribution in [0.15, 0.2) is 0 Å². The molecule has 6 nitrogen and oxygen atoms in total. The van der Waals surface area contributed by atoms with Crippen LogP contribution in [0.25, 0.3) is 0 Å². The third-order valence-electron chi connectivity index (χ3n) is 1.91. The third kappa shape index (κ3) is 7.55. The molecule has 8 heteroatoms. The monoisotopic (exact) mass is 283 g/mol. The van der Waals surface area contributed by atoms with Crippen LogP contribution in [-0.4, -0.2) is 43.5 Å². The maximum Gasteiger partial charge on any atom is 0.408 e. The first-order valence-electron chi connectivity index (χ1n) is 5.57. The maximum absolute atomic E-state index is 12.1. The molecular weight excluding hydrogens is 264 g/mol. The van der Waals surface area contributed by atoms with Crippen molar-refractivity contribution >= 4 is 12.1 Å². The molecule has 0 aromatic heterocycles. The molecule has 0 aliphatic carbocycles. The van der Waals surface area contributed by atoms with Crippen molar-refractivity contribution in [2.75, 3.05) is 7.11 Å². The number of nitrogens with one attached hydrogen (secondary N) is 1. The number of amides is 1. The zero-order valence-corrected chi connectivity index (χ0v) is 11.5. The Hall–Kier alpha value is -1.44. The van der Waals surface area contributed by atoms with Gasteiger partial charge in [-0.25, -0.2) is 9.59 Å². The van der Waals surface area contributed by atoms with E-state index in [9.17, 15) is 18.4 Å². The van der Waals surface area contributed by atoms with Crippen molar-refractivity contribution in [3.8, 4) is 0 Å². The molecule has 0 radical (unpaired) electrons. The minimum atomic E-state index is -3.07. The van der Waals surface area contributed by atoms with E-state index in [4.69, 9.17) is 4.74 Å². The molecule has 0 fully saturated rings. The van der Waals surface area contributed by atoms with E-state index in [1.807, 2.05) is 0 Å². The smallest absolute Gasteiger partial charge is 0.408 e. The van der Waals surface area contributed by atoms with Crippen molar-refractivity contribution in [2.24, 2.45) is 0 Å². The van der Waals surface area contributed by atoms with E-state index in [0.29, 0.717) is 0 Å². The van der Waals surface area contributed by atoms with Crippen molar-refractivity contribution in [2.45, 2.75) is 52.1 Å². The molecule has 0 aromatic rings. The number of esters is 1. The zero-order chi connectivity index (χ0) is 15.2. The fraction of sp³-hybridized carbons (Fsp3) is 0.818. The number of ether oxygens (including phenoxy) is 3. The lowest BCUT2D eigenvalue weighted by Gasteiger charge is -2.25. The highest BCUT2D eigenvalue weighted by molar-refractivity contribution is 5.81. The molecule has 0 aromatic carbocycles. The summed E-state index contributed by atoms with van der Waals surface area (Å²) in [7, 11) is 1.07. The predicted octanol–water partition coefficient (Wildman–Crippen LogP) is 1.68. The predicted molar refractivity (Wildman–Crippen MR) is 61.7 cm³/mol. The lowest BCUT2D eigenvalue weighted by atomic mass is 10.2. The molecule has 112 valence electrons. The van der Waals surface area contributed by atoms with Gasteiger partial charge in [-0.05, 0) is 27.7 Å². The lowest BCUT2D eigenvalue weighted by molar-refractivity contribution is -0.175. The Balaban J connectivity index is 4.69. The van der Waals surface area contributed by atoms with Crippen molar-refractivity contribution in [1.82, 2.24) is 5.32 Å². The minimum absolute atomic E-state index is 0.780. The molecule has 19 heavy (non-hydrogen) atoms. The van der Waals surface area contributed by atoms with Crippen LogP contribution in [0, 0.1) is 0 Å². The Morgan fingerprint density at radius 2 is 1.74 bits per heavy atom. The van der Waals surface area contributed by atoms with Crippen LogP contribution in [-0.2, 0) is 19.0 Å². The number of alkyl carbamates (subject to hydrolysis) is 1. The second-order valence-electron chi connectivity index (χ2n) is 4.75. The summed E-state index contributed by atoms with van der Waals surface area (Å²) in [4.78, 5) is 22.9. The first kappa shape index (κ1) is 17.6. The average molecular weight is 283 g/mol. The van der Waals surface area contributed by atoms with Crippen molar-refractivity contribution in [1.29, 1.82) is 0 Å². The Labute approximate surface area is 110 Å². The number of carbonyl (C=O) groups is 2. The average Bonchev–Trinajstić information content (AvgIpc) is 2.21. The van der Waals surface area contributed by atoms with E-state index >= 15 is 0 Å². The molecule has 0 spiro atoms. The number of methoxy groups -OCH3 is 1. The van der Waals surface area contributed by atoms with Crippen LogP contribution in [0.1, 0.15) is 27.7 Å². The molecule has 0 bridgehead atoms. The van der Waals surface area contributed by atoms with Gasteiger partial charge >= 0.3 is 18.7 Å². The number of carbonyl (C=O) groups excluding carboxylic acids is 2. The highest BCUT2D eigenvalue weighted by atomic mass is 19.3. The summed E-state index contributed by atoms with van der Waals surface area (Å²) in [6, 6.07) is -1.38. The van der Waals surface area contributed by atoms with Crippen LogP contribution < -0.4 is 5.32 Å². The highest BCUT2D eigenvalue weighted by Gasteiger charge is 2.32. The van der Waals surface area contributed by atoms with Gasteiger partial charge in [-0.1, -0.05) is 0 Å². The van der Waals surface area contributed by atoms with Gasteiger partial charge in [-0.3, -0.25) is 0 Å². The number of hydrogen-bond acceptors (Lipinski definition) is 5. The van der Waals surface area contributed by atoms with E-state index in [0.717, 1.165) is 7.11 Å². The first-order chi connectivity index (χ1) is 8.56. The van der Waals surface area contributed by atoms with Gasteiger partial charge in [0, 0.05) is 0 Å². The molecule has 0 saturated heterocycles. The molecule has 0 saturated carbocycles. The summed E-state index contributed by atoms with van der Waals surface area (Å²) < 4.78 is 37.7. The van der Waals surface area contributed by atoms with E-state index in [-0.39, 0.29) is 0 Å². The van der Waals surface area contributed by atoms with E-state index < -0.39 is 36.4 Å². The quantitative estimate of drug-likeness (QED) is 0.777. The minimum Gasteiger partial charge on any atom is -0.467 e. The fourth-order valence-electron chi connectivity index (χ4n) is 1.17. The maximum atomic E-state index is 12.1. The van der Waals surface area contributed by atoms with Crippen LogP contribution in [0.4, 0.5) is 13.6 Å². The summed E-state index contributed by atoms with van der Waals surface area (Å²) in [6.45, 7) is 3.02. The molecule has 0 aliphatic heterocycles. The van der Waals surface area contributed by atoms with Gasteiger partial charge in [0.15, 0.2) is 6.04 Å². The zero-order valence-electron chi connectivity index (χ0n) is 11.5. The third-order valence-corrected chi connectivity index (χ3v) is 1.91. The van der Waals surface area contributed by atoms with Gasteiger partial charge in [0.1, 0.15) is 5.60 Å². The summed E-state index contributed by atoms with van der Waals surface area (Å²) in [5, 5.41) is 2.14. The molecular formula is C11H19F2NO5. The van der Waals surface area contributed by atoms with Gasteiger partial charge in [0.05, 0.1) is 13.2 Å². The van der Waals surface area contributed by atoms with Crippen LogP contribution in [0.3, 0.4) is 0 Å². The molecule has 0 heterocycles. The van der Waals surface area contributed by atoms with Crippen LogP contribution in [0.2, 0.25) is 0 Å². The van der Waals surface area contributed by atoms with Gasteiger partial charge in [-0.15, -0.1) is 0 Å². The van der Waals surface area contributed by atoms with Crippen molar-refractivity contribution in [3.05, 3.63) is 0 Å². The molecule has 1 N–H and O–H groups in total. The first-order valence-corrected chi connectivity index (χ1v) is 5.57. The molecule has 2 atom stereocenters. The number of halogens is 2. The number of alkyl halides is 2. The summed E-state index contributed by atoms with van der Waals surface area (Å²) in [5.41, 5.74) is -0.780. The topological polar surface area (TPSA) is 73.9 Å². The van der Waals surface area contributed by atoms with Crippen LogP contribution >= 0.6 is 0 Å². The summed E-state index contributed by atoms with van der Waals surface area (Å²) in [5.74, 6) is -0.904. The van der Waals surface area contributed by atoms with Gasteiger partial charge in [0.25, 0.3) is 0 Å². The van der Waals surface area contributed by atoms with E-state index in [2.05, 4.69) is 14.8 Å². The lowest BCUT2D eigenvalue weighted by Crippen LogP contribution is -2.50. The van der Waals surface area contributed by atoms with Gasteiger partial charge < -0.3 is 19.5 Å². The SMILES string of the molecule is COC(=O)[C@@H](NC(=O)OC(C)(C)C)[C@@H](C)OC(F)F. The Morgan fingerprint density at radius 1 is 1.21 bits per heavy atom. The Morgan fingerprint density at radius 3 is 2.11 bits per heavy atom. The molecule has 0 aliphatic rings. The normalized spacial score (nSPS) is 14.7. The van der Waals surface area contributed by atoms with E-state index in [1.54, 1.807) is 20.8 Å². The van der Waals surface area contributed by atoms with Crippen molar-refractivity contribution in [3.63, 3.8) is 0 Å². The van der Waals surface area contributed by atoms with Gasteiger partial charge in [-0.2, -0.15) is 8.78 Å². The van der Waals surface area contributed by atoms with Gasteiger partial charge in [0.2, 0.25) is 0 Å². The highest BCUT2D eigenvalue weighted by Crippen LogP contribution is 2.10. The second kappa shape index (κ2) is 7.22. The Bertz CT molecular complexity index is 317. The number of rotatable bonds is 5. The largest absolute Gasteiger partial charge is 0.467 e. The Kier molecular flexibility index (Phi) is 6.68. The van der Waals surface area contributed by atoms with Crippen molar-refractivity contribution < 1.29 is 32.6 Å². The molecule has 1 amide bonds. The number of hydrogen-bond donors (Lipinski definition) is 1. The fourth-order valence-corrected chi connectivity index (χ4v) is 1.17. The second-order valence-corrected chi connectivity index (χ2v) is 4.75. The van der Waals surface area contributed by atoms with Crippen LogP contribution in [0.5, 0.6) is 0 Å². The summed E-state index contributed by atoms with van der Waals surface area (Å²) in [6.07, 6.45) is -2.19. The standard InChI is InChI=1S/C11H19F2NO5/c1-6(18-9(12)13)7(8(15)17-5)14-10(16)19-11(2,3)4/h6-7,9H,1-5H3,(H,14,16)/t6-,7+/m1/s1. The molecule has 0 rings (SSSR count). The van der Waals surface area contributed by atoms with E-state index in [1.165, 1.54) is 6.92 Å². The molecule has 0 unspecified atom stereocenters.